The lowest BCUT2D eigenvalue weighted by Gasteiger charge is -2.25. The van der Waals surface area contributed by atoms with Gasteiger partial charge >= 0.3 is 0 Å². The fraction of sp³-hybridized carbons (Fsp3) is 0.381. The van der Waals surface area contributed by atoms with E-state index in [1.54, 1.807) is 11.3 Å². The van der Waals surface area contributed by atoms with Crippen molar-refractivity contribution in [2.45, 2.75) is 25.8 Å². The van der Waals surface area contributed by atoms with Crippen molar-refractivity contribution in [1.29, 1.82) is 0 Å². The van der Waals surface area contributed by atoms with E-state index in [9.17, 15) is 0 Å². The average Bonchev–Trinajstić information content (AvgIpc) is 3.36. The summed E-state index contributed by atoms with van der Waals surface area (Å²) in [6, 6.07) is 13.1. The first-order valence-electron chi connectivity index (χ1n) is 9.06. The van der Waals surface area contributed by atoms with Crippen LogP contribution in [0.3, 0.4) is 0 Å². The standard InChI is InChI=1S/C21H28N4S/c1-21(2,19-7-6-14-26-19)16-24-20(22-3)23-15-17-8-10-18(11-9-17)25-12-4-5-13-25/h4-11,14H,12-13,15-16H2,1-3H3,(H2,22,23,24). The van der Waals surface area contributed by atoms with Crippen LogP contribution in [-0.4, -0.2) is 32.6 Å². The molecule has 0 spiro atoms. The van der Waals surface area contributed by atoms with Gasteiger partial charge in [0.1, 0.15) is 0 Å². The molecule has 2 heterocycles. The number of aliphatic imine (C=N–C) groups is 1. The van der Waals surface area contributed by atoms with Gasteiger partial charge in [0.2, 0.25) is 0 Å². The molecule has 0 atom stereocenters. The molecule has 1 aliphatic heterocycles. The van der Waals surface area contributed by atoms with Crippen LogP contribution in [0.15, 0.2) is 58.9 Å². The van der Waals surface area contributed by atoms with Crippen molar-refractivity contribution in [3.8, 4) is 0 Å². The van der Waals surface area contributed by atoms with Crippen molar-refractivity contribution in [2.24, 2.45) is 4.99 Å². The van der Waals surface area contributed by atoms with Crippen molar-refractivity contribution in [2.75, 3.05) is 31.6 Å². The number of rotatable bonds is 6. The van der Waals surface area contributed by atoms with E-state index < -0.39 is 0 Å². The predicted molar refractivity (Wildman–Crippen MR) is 113 cm³/mol. The lowest BCUT2D eigenvalue weighted by Crippen LogP contribution is -2.42. The van der Waals surface area contributed by atoms with E-state index in [0.717, 1.165) is 32.1 Å². The molecule has 4 nitrogen and oxygen atoms in total. The van der Waals surface area contributed by atoms with Gasteiger partial charge in [-0.25, -0.2) is 0 Å². The van der Waals surface area contributed by atoms with Crippen molar-refractivity contribution in [3.05, 3.63) is 64.4 Å². The monoisotopic (exact) mass is 368 g/mol. The summed E-state index contributed by atoms with van der Waals surface area (Å²) >= 11 is 1.80. The third kappa shape index (κ3) is 4.67. The maximum atomic E-state index is 4.35. The van der Waals surface area contributed by atoms with Crippen molar-refractivity contribution >= 4 is 23.0 Å². The Bertz CT molecular complexity index is 737. The second-order valence-corrected chi connectivity index (χ2v) is 8.13. The second-order valence-electron chi connectivity index (χ2n) is 7.18. The first kappa shape index (κ1) is 18.5. The zero-order valence-electron chi connectivity index (χ0n) is 15.8. The van der Waals surface area contributed by atoms with Gasteiger partial charge in [0.05, 0.1) is 0 Å². The van der Waals surface area contributed by atoms with Crippen LogP contribution in [0.1, 0.15) is 24.3 Å². The topological polar surface area (TPSA) is 39.7 Å². The van der Waals surface area contributed by atoms with Crippen LogP contribution in [0.4, 0.5) is 5.69 Å². The molecular formula is C21H28N4S. The summed E-state index contributed by atoms with van der Waals surface area (Å²) in [6.45, 7) is 8.13. The first-order chi connectivity index (χ1) is 12.6. The van der Waals surface area contributed by atoms with E-state index in [0.29, 0.717) is 0 Å². The second kappa shape index (κ2) is 8.41. The van der Waals surface area contributed by atoms with Gasteiger partial charge in [0.25, 0.3) is 0 Å². The average molecular weight is 369 g/mol. The molecule has 0 saturated heterocycles. The van der Waals surface area contributed by atoms with Gasteiger partial charge in [0, 0.05) is 49.2 Å². The lowest BCUT2D eigenvalue weighted by atomic mass is 9.91. The van der Waals surface area contributed by atoms with Crippen LogP contribution >= 0.6 is 11.3 Å². The number of nitrogens with one attached hydrogen (secondary N) is 2. The molecule has 5 heteroatoms. The number of benzene rings is 1. The molecule has 1 aromatic carbocycles. The fourth-order valence-corrected chi connectivity index (χ4v) is 3.83. The molecule has 0 saturated carbocycles. The third-order valence-electron chi connectivity index (χ3n) is 4.69. The first-order valence-corrected chi connectivity index (χ1v) is 9.94. The normalized spacial score (nSPS) is 14.7. The van der Waals surface area contributed by atoms with Crippen LogP contribution in [-0.2, 0) is 12.0 Å². The van der Waals surface area contributed by atoms with Gasteiger partial charge in [-0.15, -0.1) is 11.3 Å². The molecule has 2 aromatic rings. The quantitative estimate of drug-likeness (QED) is 0.463. The number of hydrogen-bond acceptors (Lipinski definition) is 3. The van der Waals surface area contributed by atoms with E-state index in [2.05, 4.69) is 88.3 Å². The van der Waals surface area contributed by atoms with Gasteiger partial charge in [-0.1, -0.05) is 44.2 Å². The van der Waals surface area contributed by atoms with Gasteiger partial charge in [0.15, 0.2) is 5.96 Å². The van der Waals surface area contributed by atoms with Crippen molar-refractivity contribution in [3.63, 3.8) is 0 Å². The SMILES string of the molecule is CN=C(NCc1ccc(N2CC=CC2)cc1)NCC(C)(C)c1cccs1. The summed E-state index contributed by atoms with van der Waals surface area (Å²) in [5.41, 5.74) is 2.61. The molecule has 26 heavy (non-hydrogen) atoms. The Kier molecular flexibility index (Phi) is 5.99. The van der Waals surface area contributed by atoms with Crippen LogP contribution in [0, 0.1) is 0 Å². The Labute approximate surface area is 160 Å². The van der Waals surface area contributed by atoms with E-state index in [1.807, 2.05) is 7.05 Å². The van der Waals surface area contributed by atoms with Gasteiger partial charge in [-0.2, -0.15) is 0 Å². The highest BCUT2D eigenvalue weighted by Gasteiger charge is 2.21. The molecule has 3 rings (SSSR count). The maximum Gasteiger partial charge on any atom is 0.191 e. The molecule has 0 fully saturated rings. The maximum absolute atomic E-state index is 4.35. The summed E-state index contributed by atoms with van der Waals surface area (Å²) < 4.78 is 0. The highest BCUT2D eigenvalue weighted by molar-refractivity contribution is 7.10. The molecule has 0 aliphatic carbocycles. The van der Waals surface area contributed by atoms with Crippen molar-refractivity contribution in [1.82, 2.24) is 10.6 Å². The predicted octanol–water partition coefficient (Wildman–Crippen LogP) is 3.77. The smallest absolute Gasteiger partial charge is 0.191 e. The number of guanidine groups is 1. The van der Waals surface area contributed by atoms with Crippen LogP contribution in [0.2, 0.25) is 0 Å². The fourth-order valence-electron chi connectivity index (χ4n) is 2.98. The zero-order valence-corrected chi connectivity index (χ0v) is 16.6. The third-order valence-corrected chi connectivity index (χ3v) is 5.93. The van der Waals surface area contributed by atoms with E-state index in [4.69, 9.17) is 0 Å². The molecule has 2 N–H and O–H groups in total. The lowest BCUT2D eigenvalue weighted by molar-refractivity contribution is 0.518. The van der Waals surface area contributed by atoms with E-state index in [-0.39, 0.29) is 5.41 Å². The summed E-state index contributed by atoms with van der Waals surface area (Å²) in [5.74, 6) is 0.836. The Balaban J connectivity index is 1.49. The Morgan fingerprint density at radius 3 is 2.46 bits per heavy atom. The van der Waals surface area contributed by atoms with Gasteiger partial charge < -0.3 is 15.5 Å². The van der Waals surface area contributed by atoms with Gasteiger partial charge in [-0.3, -0.25) is 4.99 Å². The molecule has 0 bridgehead atoms. The van der Waals surface area contributed by atoms with Crippen LogP contribution in [0.5, 0.6) is 0 Å². The minimum atomic E-state index is 0.0806. The number of thiophene rings is 1. The molecular weight excluding hydrogens is 340 g/mol. The summed E-state index contributed by atoms with van der Waals surface area (Å²) in [5, 5.41) is 8.99. The summed E-state index contributed by atoms with van der Waals surface area (Å²) in [6.07, 6.45) is 4.42. The molecule has 0 unspecified atom stereocenters. The Morgan fingerprint density at radius 2 is 1.85 bits per heavy atom. The highest BCUT2D eigenvalue weighted by atomic mass is 32.1. The number of anilines is 1. The Morgan fingerprint density at radius 1 is 1.12 bits per heavy atom. The number of hydrogen-bond donors (Lipinski definition) is 2. The van der Waals surface area contributed by atoms with E-state index in [1.165, 1.54) is 16.1 Å². The molecule has 0 amide bonds. The van der Waals surface area contributed by atoms with Gasteiger partial charge in [-0.05, 0) is 29.1 Å². The van der Waals surface area contributed by atoms with Crippen molar-refractivity contribution < 1.29 is 0 Å². The minimum absolute atomic E-state index is 0.0806. The molecule has 138 valence electrons. The Hall–Kier alpha value is -2.27. The zero-order chi connectivity index (χ0) is 18.4. The van der Waals surface area contributed by atoms with E-state index >= 15 is 0 Å². The molecule has 1 aromatic heterocycles. The summed E-state index contributed by atoms with van der Waals surface area (Å²) in [4.78, 5) is 8.08. The highest BCUT2D eigenvalue weighted by Crippen LogP contribution is 2.26. The van der Waals surface area contributed by atoms with Crippen LogP contribution < -0.4 is 15.5 Å². The summed E-state index contributed by atoms with van der Waals surface area (Å²) in [7, 11) is 1.82. The van der Waals surface area contributed by atoms with Crippen LogP contribution in [0.25, 0.3) is 0 Å². The minimum Gasteiger partial charge on any atom is -0.364 e. The molecule has 0 radical (unpaired) electrons. The largest absolute Gasteiger partial charge is 0.364 e. The number of nitrogens with zero attached hydrogens (tertiary/aromatic N) is 2. The molecule has 1 aliphatic rings.